The van der Waals surface area contributed by atoms with Crippen LogP contribution in [0.2, 0.25) is 0 Å². The van der Waals surface area contributed by atoms with E-state index >= 15 is 0 Å². The van der Waals surface area contributed by atoms with Crippen LogP contribution >= 0.6 is 0 Å². The summed E-state index contributed by atoms with van der Waals surface area (Å²) >= 11 is 0. The van der Waals surface area contributed by atoms with Crippen molar-refractivity contribution in [1.82, 2.24) is 15.2 Å². The summed E-state index contributed by atoms with van der Waals surface area (Å²) in [7, 11) is 1.51. The van der Waals surface area contributed by atoms with Gasteiger partial charge in [0, 0.05) is 0 Å². The van der Waals surface area contributed by atoms with Crippen LogP contribution < -0.4 is 14.9 Å². The van der Waals surface area contributed by atoms with Gasteiger partial charge in [-0.25, -0.2) is 10.2 Å². The van der Waals surface area contributed by atoms with E-state index in [2.05, 4.69) is 15.6 Å². The molecule has 3 rings (SSSR count). The molecule has 1 heterocycles. The van der Waals surface area contributed by atoms with Crippen LogP contribution in [0.15, 0.2) is 53.6 Å². The normalized spacial score (nSPS) is 11.8. The molecule has 34 heavy (non-hydrogen) atoms. The number of aromatic nitrogens is 2. The van der Waals surface area contributed by atoms with Crippen molar-refractivity contribution in [3.63, 3.8) is 0 Å². The van der Waals surface area contributed by atoms with E-state index < -0.39 is 22.8 Å². The first-order valence-electron chi connectivity index (χ1n) is 10.2. The molecule has 11 nitrogen and oxygen atoms in total. The molecule has 2 aromatic carbocycles. The van der Waals surface area contributed by atoms with Gasteiger partial charge in [-0.3, -0.25) is 19.6 Å². The highest BCUT2D eigenvalue weighted by Crippen LogP contribution is 2.24. The Morgan fingerprint density at radius 3 is 2.56 bits per heavy atom. The molecule has 3 aromatic rings. The lowest BCUT2D eigenvalue weighted by molar-refractivity contribution is -0.386. The summed E-state index contributed by atoms with van der Waals surface area (Å²) in [6.07, 6.45) is 1.39. The Bertz CT molecular complexity index is 1270. The SMILES string of the molecule is COc1cccc(C(=O)Oc2cccc(/C=N/NC(=O)C(C)n3nc(C)c([N+](=O)[O-])c3C)c2)c1. The summed E-state index contributed by atoms with van der Waals surface area (Å²) in [6, 6.07) is 12.4. The molecular formula is C23H23N5O6. The number of esters is 1. The van der Waals surface area contributed by atoms with E-state index in [1.54, 1.807) is 55.5 Å². The molecule has 1 aromatic heterocycles. The highest BCUT2D eigenvalue weighted by atomic mass is 16.6. The first kappa shape index (κ1) is 24.1. The van der Waals surface area contributed by atoms with Crippen molar-refractivity contribution in [2.75, 3.05) is 7.11 Å². The molecule has 11 heteroatoms. The van der Waals surface area contributed by atoms with Gasteiger partial charge in [-0.15, -0.1) is 0 Å². The Hall–Kier alpha value is -4.54. The lowest BCUT2D eigenvalue weighted by Crippen LogP contribution is -2.28. The monoisotopic (exact) mass is 465 g/mol. The molecule has 1 unspecified atom stereocenters. The number of nitrogens with one attached hydrogen (secondary N) is 1. The summed E-state index contributed by atoms with van der Waals surface area (Å²) in [5, 5.41) is 19.2. The second-order valence-electron chi connectivity index (χ2n) is 7.33. The van der Waals surface area contributed by atoms with Crippen LogP contribution in [0.4, 0.5) is 5.69 Å². The molecule has 1 amide bonds. The minimum atomic E-state index is -0.820. The van der Waals surface area contributed by atoms with Crippen molar-refractivity contribution in [3.8, 4) is 11.5 Å². The van der Waals surface area contributed by atoms with E-state index in [1.165, 1.54) is 31.9 Å². The van der Waals surface area contributed by atoms with Gasteiger partial charge in [0.25, 0.3) is 5.91 Å². The quantitative estimate of drug-likeness (QED) is 0.177. The Morgan fingerprint density at radius 2 is 1.88 bits per heavy atom. The molecule has 0 spiro atoms. The Kier molecular flexibility index (Phi) is 7.36. The van der Waals surface area contributed by atoms with Gasteiger partial charge in [-0.2, -0.15) is 10.2 Å². The van der Waals surface area contributed by atoms with E-state index in [9.17, 15) is 19.7 Å². The fourth-order valence-electron chi connectivity index (χ4n) is 3.24. The molecule has 0 aliphatic rings. The number of aryl methyl sites for hydroxylation is 1. The minimum absolute atomic E-state index is 0.122. The first-order chi connectivity index (χ1) is 16.2. The number of nitro groups is 1. The van der Waals surface area contributed by atoms with Crippen LogP contribution in [-0.2, 0) is 4.79 Å². The number of hydrogen-bond donors (Lipinski definition) is 1. The zero-order valence-electron chi connectivity index (χ0n) is 19.0. The average molecular weight is 465 g/mol. The predicted molar refractivity (Wildman–Crippen MR) is 123 cm³/mol. The largest absolute Gasteiger partial charge is 0.497 e. The molecule has 1 atom stereocenters. The van der Waals surface area contributed by atoms with Crippen molar-refractivity contribution < 1.29 is 24.0 Å². The number of methoxy groups -OCH3 is 1. The van der Waals surface area contributed by atoms with E-state index in [0.717, 1.165) is 0 Å². The fourth-order valence-corrected chi connectivity index (χ4v) is 3.24. The lowest BCUT2D eigenvalue weighted by Gasteiger charge is -2.11. The molecule has 1 N–H and O–H groups in total. The summed E-state index contributed by atoms with van der Waals surface area (Å²) in [5.74, 6) is -0.215. The number of nitrogens with zero attached hydrogens (tertiary/aromatic N) is 4. The van der Waals surface area contributed by atoms with Gasteiger partial charge in [0.15, 0.2) is 0 Å². The second-order valence-corrected chi connectivity index (χ2v) is 7.33. The fraction of sp³-hybridized carbons (Fsp3) is 0.217. The lowest BCUT2D eigenvalue weighted by atomic mass is 10.2. The summed E-state index contributed by atoms with van der Waals surface area (Å²) < 4.78 is 11.8. The second kappa shape index (κ2) is 10.4. The van der Waals surface area contributed by atoms with Gasteiger partial charge in [0.1, 0.15) is 28.9 Å². The van der Waals surface area contributed by atoms with Gasteiger partial charge in [-0.05, 0) is 56.7 Å². The highest BCUT2D eigenvalue weighted by molar-refractivity contribution is 5.92. The topological polar surface area (TPSA) is 138 Å². The van der Waals surface area contributed by atoms with Crippen molar-refractivity contribution in [2.24, 2.45) is 5.10 Å². The third kappa shape index (κ3) is 5.44. The van der Waals surface area contributed by atoms with Crippen molar-refractivity contribution in [1.29, 1.82) is 0 Å². The zero-order chi connectivity index (χ0) is 24.8. The third-order valence-corrected chi connectivity index (χ3v) is 4.98. The maximum atomic E-state index is 12.5. The van der Waals surface area contributed by atoms with Gasteiger partial charge < -0.3 is 9.47 Å². The summed E-state index contributed by atoms with van der Waals surface area (Å²) in [4.78, 5) is 35.5. The van der Waals surface area contributed by atoms with Crippen LogP contribution in [0, 0.1) is 24.0 Å². The molecule has 0 aliphatic heterocycles. The minimum Gasteiger partial charge on any atom is -0.497 e. The molecule has 0 aliphatic carbocycles. The van der Waals surface area contributed by atoms with Crippen molar-refractivity contribution in [2.45, 2.75) is 26.8 Å². The van der Waals surface area contributed by atoms with Gasteiger partial charge in [0.05, 0.1) is 23.8 Å². The molecule has 0 saturated heterocycles. The Balaban J connectivity index is 1.64. The molecule has 0 bridgehead atoms. The Labute approximate surface area is 195 Å². The maximum Gasteiger partial charge on any atom is 0.343 e. The number of carbonyl (C=O) groups excluding carboxylic acids is 2. The van der Waals surface area contributed by atoms with E-state index in [0.29, 0.717) is 22.6 Å². The molecule has 0 radical (unpaired) electrons. The van der Waals surface area contributed by atoms with Crippen LogP contribution in [0.1, 0.15) is 40.3 Å². The van der Waals surface area contributed by atoms with E-state index in [4.69, 9.17) is 9.47 Å². The number of hydrazone groups is 1. The summed E-state index contributed by atoms with van der Waals surface area (Å²) in [5.41, 5.74) is 3.69. The van der Waals surface area contributed by atoms with Gasteiger partial charge in [0.2, 0.25) is 0 Å². The van der Waals surface area contributed by atoms with Crippen LogP contribution in [0.3, 0.4) is 0 Å². The predicted octanol–water partition coefficient (Wildman–Crippen LogP) is 3.35. The number of rotatable bonds is 8. The number of hydrogen-bond acceptors (Lipinski definition) is 8. The zero-order valence-corrected chi connectivity index (χ0v) is 19.0. The molecule has 0 saturated carbocycles. The van der Waals surface area contributed by atoms with Crippen molar-refractivity contribution in [3.05, 3.63) is 81.2 Å². The van der Waals surface area contributed by atoms with Gasteiger partial charge >= 0.3 is 11.7 Å². The van der Waals surface area contributed by atoms with Crippen molar-refractivity contribution >= 4 is 23.8 Å². The van der Waals surface area contributed by atoms with Crippen LogP contribution in [0.25, 0.3) is 0 Å². The van der Waals surface area contributed by atoms with E-state index in [1.807, 2.05) is 0 Å². The van der Waals surface area contributed by atoms with Crippen LogP contribution in [0.5, 0.6) is 11.5 Å². The van der Waals surface area contributed by atoms with Crippen LogP contribution in [-0.4, -0.2) is 39.9 Å². The first-order valence-corrected chi connectivity index (χ1v) is 10.2. The molecular weight excluding hydrogens is 442 g/mol. The highest BCUT2D eigenvalue weighted by Gasteiger charge is 2.26. The summed E-state index contributed by atoms with van der Waals surface area (Å²) in [6.45, 7) is 4.61. The van der Waals surface area contributed by atoms with Gasteiger partial charge in [-0.1, -0.05) is 18.2 Å². The molecule has 176 valence electrons. The smallest absolute Gasteiger partial charge is 0.343 e. The third-order valence-electron chi connectivity index (χ3n) is 4.98. The van der Waals surface area contributed by atoms with E-state index in [-0.39, 0.29) is 17.1 Å². The number of benzene rings is 2. The number of amides is 1. The number of ether oxygens (including phenoxy) is 2. The molecule has 0 fully saturated rings. The maximum absolute atomic E-state index is 12.5. The Morgan fingerprint density at radius 1 is 1.18 bits per heavy atom. The standard InChI is InChI=1S/C23H23N5O6/c1-14-21(28(31)32)15(2)27(26-14)16(3)22(29)25-24-13-17-7-5-10-20(11-17)34-23(30)18-8-6-9-19(12-18)33-4/h5-13,16H,1-4H3,(H,25,29)/b24-13+. The average Bonchev–Trinajstić information content (AvgIpc) is 3.12. The number of carbonyl (C=O) groups is 2.